The van der Waals surface area contributed by atoms with E-state index in [0.717, 1.165) is 34.4 Å². The van der Waals surface area contributed by atoms with Gasteiger partial charge in [0.25, 0.3) is 0 Å². The van der Waals surface area contributed by atoms with Crippen molar-refractivity contribution in [1.82, 2.24) is 4.98 Å². The molecule has 1 amide bonds. The first-order chi connectivity index (χ1) is 13.7. The van der Waals surface area contributed by atoms with Gasteiger partial charge in [-0.25, -0.2) is 4.98 Å². The number of anilines is 1. The third-order valence-corrected chi connectivity index (χ3v) is 5.38. The molecule has 4 rings (SSSR count). The Hall–Kier alpha value is -3.12. The molecule has 142 valence electrons. The van der Waals surface area contributed by atoms with Crippen LogP contribution in [0.2, 0.25) is 0 Å². The number of ether oxygens (including phenoxy) is 1. The molecule has 0 fully saturated rings. The molecule has 0 atom stereocenters. The van der Waals surface area contributed by atoms with Crippen LogP contribution in [0.15, 0.2) is 58.5 Å². The van der Waals surface area contributed by atoms with Crippen LogP contribution in [-0.4, -0.2) is 18.0 Å². The van der Waals surface area contributed by atoms with Crippen LogP contribution in [0.3, 0.4) is 0 Å². The van der Waals surface area contributed by atoms with Gasteiger partial charge in [-0.1, -0.05) is 31.2 Å². The van der Waals surface area contributed by atoms with Crippen molar-refractivity contribution in [3.8, 4) is 17.0 Å². The summed E-state index contributed by atoms with van der Waals surface area (Å²) in [6, 6.07) is 13.9. The van der Waals surface area contributed by atoms with Gasteiger partial charge in [0, 0.05) is 28.0 Å². The van der Waals surface area contributed by atoms with E-state index in [4.69, 9.17) is 9.15 Å². The third kappa shape index (κ3) is 3.77. The minimum absolute atomic E-state index is 0.124. The standard InChI is InChI=1S/C22H20N2O3S/c1-3-14-4-6-15(7-5-14)19-13-28-22(23-19)24-21(25)10-16-12-27-20-11-17(26-2)8-9-18(16)20/h4-9,11-13H,3,10H2,1-2H3,(H,23,24,25). The Bertz CT molecular complexity index is 1110. The van der Waals surface area contributed by atoms with E-state index in [9.17, 15) is 4.79 Å². The lowest BCUT2D eigenvalue weighted by Crippen LogP contribution is -2.13. The zero-order valence-electron chi connectivity index (χ0n) is 15.7. The number of carbonyl (C=O) groups excluding carboxylic acids is 1. The van der Waals surface area contributed by atoms with Crippen molar-refractivity contribution in [2.75, 3.05) is 12.4 Å². The average Bonchev–Trinajstić information content (AvgIpc) is 3.35. The number of nitrogens with zero attached hydrogens (tertiary/aromatic N) is 1. The van der Waals surface area contributed by atoms with Crippen molar-refractivity contribution in [1.29, 1.82) is 0 Å². The summed E-state index contributed by atoms with van der Waals surface area (Å²) < 4.78 is 10.7. The fourth-order valence-electron chi connectivity index (χ4n) is 3.04. The van der Waals surface area contributed by atoms with Crippen molar-refractivity contribution in [3.05, 3.63) is 65.2 Å². The van der Waals surface area contributed by atoms with Crippen LogP contribution in [0, 0.1) is 0 Å². The number of thiazole rings is 1. The second-order valence-corrected chi connectivity index (χ2v) is 7.29. The van der Waals surface area contributed by atoms with Crippen LogP contribution in [0.4, 0.5) is 5.13 Å². The maximum Gasteiger partial charge on any atom is 0.230 e. The van der Waals surface area contributed by atoms with E-state index < -0.39 is 0 Å². The van der Waals surface area contributed by atoms with Gasteiger partial charge >= 0.3 is 0 Å². The monoisotopic (exact) mass is 392 g/mol. The summed E-state index contributed by atoms with van der Waals surface area (Å²) >= 11 is 1.42. The second kappa shape index (κ2) is 7.86. The van der Waals surface area contributed by atoms with Gasteiger partial charge in [-0.15, -0.1) is 11.3 Å². The van der Waals surface area contributed by atoms with Crippen LogP contribution in [-0.2, 0) is 17.6 Å². The van der Waals surface area contributed by atoms with Crippen LogP contribution in [0.1, 0.15) is 18.1 Å². The lowest BCUT2D eigenvalue weighted by Gasteiger charge is -2.02. The maximum absolute atomic E-state index is 12.5. The number of carbonyl (C=O) groups is 1. The first-order valence-electron chi connectivity index (χ1n) is 9.05. The van der Waals surface area contributed by atoms with Gasteiger partial charge in [-0.2, -0.15) is 0 Å². The molecule has 6 heteroatoms. The Kier molecular flexibility index (Phi) is 5.12. The topological polar surface area (TPSA) is 64.4 Å². The minimum Gasteiger partial charge on any atom is -0.497 e. The highest BCUT2D eigenvalue weighted by molar-refractivity contribution is 7.14. The Labute approximate surface area is 167 Å². The molecule has 0 aliphatic heterocycles. The van der Waals surface area contributed by atoms with Crippen molar-refractivity contribution < 1.29 is 13.9 Å². The molecule has 0 saturated heterocycles. The number of fused-ring (bicyclic) bond motifs is 1. The quantitative estimate of drug-likeness (QED) is 0.483. The SMILES string of the molecule is CCc1ccc(-c2csc(NC(=O)Cc3coc4cc(OC)ccc34)n2)cc1. The van der Waals surface area contributed by atoms with Crippen LogP contribution in [0.25, 0.3) is 22.2 Å². The van der Waals surface area contributed by atoms with Gasteiger partial charge in [-0.05, 0) is 24.1 Å². The van der Waals surface area contributed by atoms with Crippen molar-refractivity contribution >= 4 is 33.3 Å². The molecule has 0 unspecified atom stereocenters. The summed E-state index contributed by atoms with van der Waals surface area (Å²) in [6.45, 7) is 2.13. The number of amides is 1. The first kappa shape index (κ1) is 18.3. The van der Waals surface area contributed by atoms with Crippen LogP contribution < -0.4 is 10.1 Å². The van der Waals surface area contributed by atoms with Gasteiger partial charge in [0.05, 0.1) is 25.5 Å². The summed E-state index contributed by atoms with van der Waals surface area (Å²) in [5.74, 6) is 0.598. The Morgan fingerprint density at radius 3 is 2.79 bits per heavy atom. The summed E-state index contributed by atoms with van der Waals surface area (Å²) in [6.07, 6.45) is 2.85. The largest absolute Gasteiger partial charge is 0.497 e. The molecule has 0 aliphatic rings. The van der Waals surface area contributed by atoms with E-state index in [2.05, 4.69) is 41.5 Å². The summed E-state index contributed by atoms with van der Waals surface area (Å²) in [7, 11) is 1.61. The molecule has 0 bridgehead atoms. The highest BCUT2D eigenvalue weighted by Gasteiger charge is 2.13. The number of aromatic nitrogens is 1. The fourth-order valence-corrected chi connectivity index (χ4v) is 3.77. The van der Waals surface area contributed by atoms with Gasteiger partial charge < -0.3 is 14.5 Å². The number of hydrogen-bond acceptors (Lipinski definition) is 5. The number of rotatable bonds is 6. The van der Waals surface area contributed by atoms with Crippen molar-refractivity contribution in [2.45, 2.75) is 19.8 Å². The predicted molar refractivity (Wildman–Crippen MR) is 112 cm³/mol. The molecule has 0 spiro atoms. The second-order valence-electron chi connectivity index (χ2n) is 6.44. The van der Waals surface area contributed by atoms with E-state index in [1.54, 1.807) is 13.4 Å². The van der Waals surface area contributed by atoms with E-state index in [1.165, 1.54) is 16.9 Å². The highest BCUT2D eigenvalue weighted by Crippen LogP contribution is 2.27. The number of furan rings is 1. The predicted octanol–water partition coefficient (Wildman–Crippen LogP) is 5.31. The molecule has 1 N–H and O–H groups in total. The molecule has 0 radical (unpaired) electrons. The van der Waals surface area contributed by atoms with E-state index in [1.807, 2.05) is 23.6 Å². The maximum atomic E-state index is 12.5. The van der Waals surface area contributed by atoms with Gasteiger partial charge in [0.15, 0.2) is 5.13 Å². The van der Waals surface area contributed by atoms with E-state index >= 15 is 0 Å². The number of nitrogens with one attached hydrogen (secondary N) is 1. The van der Waals surface area contributed by atoms with Crippen LogP contribution >= 0.6 is 11.3 Å². The third-order valence-electron chi connectivity index (χ3n) is 4.62. The lowest BCUT2D eigenvalue weighted by atomic mass is 10.1. The number of benzene rings is 2. The molecule has 2 heterocycles. The smallest absolute Gasteiger partial charge is 0.230 e. The molecule has 4 aromatic rings. The van der Waals surface area contributed by atoms with Crippen molar-refractivity contribution in [2.24, 2.45) is 0 Å². The van der Waals surface area contributed by atoms with Crippen molar-refractivity contribution in [3.63, 3.8) is 0 Å². The molecule has 2 aromatic heterocycles. The highest BCUT2D eigenvalue weighted by atomic mass is 32.1. The average molecular weight is 392 g/mol. The first-order valence-corrected chi connectivity index (χ1v) is 9.93. The molecule has 2 aromatic carbocycles. The molecule has 0 saturated carbocycles. The normalized spacial score (nSPS) is 10.9. The number of methoxy groups -OCH3 is 1. The zero-order valence-corrected chi connectivity index (χ0v) is 16.5. The lowest BCUT2D eigenvalue weighted by molar-refractivity contribution is -0.115. The van der Waals surface area contributed by atoms with E-state index in [0.29, 0.717) is 10.7 Å². The Morgan fingerprint density at radius 2 is 2.04 bits per heavy atom. The summed E-state index contributed by atoms with van der Waals surface area (Å²) in [4.78, 5) is 17.0. The molecule has 0 aliphatic carbocycles. The molecule has 28 heavy (non-hydrogen) atoms. The summed E-state index contributed by atoms with van der Waals surface area (Å²) in [5, 5.41) is 6.34. The van der Waals surface area contributed by atoms with Gasteiger partial charge in [-0.3, -0.25) is 4.79 Å². The van der Waals surface area contributed by atoms with Gasteiger partial charge in [0.2, 0.25) is 5.91 Å². The number of hydrogen-bond donors (Lipinski definition) is 1. The molecule has 5 nitrogen and oxygen atoms in total. The fraction of sp³-hybridized carbons (Fsp3) is 0.182. The molecular weight excluding hydrogens is 372 g/mol. The van der Waals surface area contributed by atoms with E-state index in [-0.39, 0.29) is 12.3 Å². The zero-order chi connectivity index (χ0) is 19.5. The van der Waals surface area contributed by atoms with Crippen LogP contribution in [0.5, 0.6) is 5.75 Å². The van der Waals surface area contributed by atoms with Gasteiger partial charge in [0.1, 0.15) is 11.3 Å². The summed E-state index contributed by atoms with van der Waals surface area (Å²) in [5.41, 5.74) is 4.74. The Morgan fingerprint density at radius 1 is 1.21 bits per heavy atom. The molecular formula is C22H20N2O3S. The minimum atomic E-state index is -0.124. The Balaban J connectivity index is 1.45. The number of aryl methyl sites for hydroxylation is 1.